The summed E-state index contributed by atoms with van der Waals surface area (Å²) in [4.78, 5) is 2.50. The maximum absolute atomic E-state index is 13.8. The molecule has 4 heteroatoms. The van der Waals surface area contributed by atoms with Crippen molar-refractivity contribution >= 4 is 5.69 Å². The largest absolute Gasteiger partial charge is 0.381 e. The van der Waals surface area contributed by atoms with Crippen LogP contribution in [0.5, 0.6) is 0 Å². The minimum absolute atomic E-state index is 0.123. The van der Waals surface area contributed by atoms with Crippen LogP contribution in [0, 0.1) is 12.7 Å². The average molecular weight is 350 g/mol. The van der Waals surface area contributed by atoms with E-state index in [-0.39, 0.29) is 5.82 Å². The number of halogens is 1. The quantitative estimate of drug-likeness (QED) is 0.640. The third kappa shape index (κ3) is 6.27. The molecule has 0 aromatic heterocycles. The monoisotopic (exact) mass is 349 g/mol. The molecule has 142 valence electrons. The van der Waals surface area contributed by atoms with E-state index in [1.807, 2.05) is 19.1 Å². The summed E-state index contributed by atoms with van der Waals surface area (Å²) in [6.45, 7) is 8.45. The molecule has 0 heterocycles. The lowest BCUT2D eigenvalue weighted by molar-refractivity contribution is 0.175. The number of aryl methyl sites for hydroxylation is 1. The van der Waals surface area contributed by atoms with Crippen molar-refractivity contribution in [2.45, 2.75) is 77.4 Å². The van der Waals surface area contributed by atoms with Crippen molar-refractivity contribution in [3.05, 3.63) is 29.6 Å². The highest BCUT2D eigenvalue weighted by atomic mass is 19.1. The predicted molar refractivity (Wildman–Crippen MR) is 106 cm³/mol. The zero-order valence-electron chi connectivity index (χ0n) is 16.4. The van der Waals surface area contributed by atoms with Gasteiger partial charge in [0, 0.05) is 23.8 Å². The molecule has 2 rings (SSSR count). The maximum Gasteiger partial charge on any atom is 0.128 e. The summed E-state index contributed by atoms with van der Waals surface area (Å²) in [7, 11) is 2.24. The normalized spacial score (nSPS) is 22.2. The maximum atomic E-state index is 13.8. The number of hydrogen-bond acceptors (Lipinski definition) is 3. The fourth-order valence-electron chi connectivity index (χ4n) is 3.69. The van der Waals surface area contributed by atoms with Crippen molar-refractivity contribution in [3.8, 4) is 0 Å². The highest BCUT2D eigenvalue weighted by molar-refractivity contribution is 5.46. The number of anilines is 1. The van der Waals surface area contributed by atoms with E-state index in [0.717, 1.165) is 25.2 Å². The van der Waals surface area contributed by atoms with Gasteiger partial charge in [-0.25, -0.2) is 4.39 Å². The van der Waals surface area contributed by atoms with E-state index in [1.165, 1.54) is 32.1 Å². The lowest BCUT2D eigenvalue weighted by Gasteiger charge is -2.39. The summed E-state index contributed by atoms with van der Waals surface area (Å²) in [6, 6.07) is 7.03. The molecule has 0 aliphatic heterocycles. The van der Waals surface area contributed by atoms with Gasteiger partial charge in [-0.3, -0.25) is 0 Å². The predicted octanol–water partition coefficient (Wildman–Crippen LogP) is 4.57. The van der Waals surface area contributed by atoms with Crippen molar-refractivity contribution in [1.29, 1.82) is 0 Å². The number of rotatable bonds is 9. The van der Waals surface area contributed by atoms with Crippen molar-refractivity contribution in [2.75, 3.05) is 25.5 Å². The average Bonchev–Trinajstić information content (AvgIpc) is 2.62. The zero-order valence-corrected chi connectivity index (χ0v) is 16.4. The van der Waals surface area contributed by atoms with Crippen LogP contribution >= 0.6 is 0 Å². The molecule has 3 nitrogen and oxygen atoms in total. The molecule has 25 heavy (non-hydrogen) atoms. The van der Waals surface area contributed by atoms with Crippen LogP contribution < -0.4 is 10.6 Å². The van der Waals surface area contributed by atoms with Gasteiger partial charge in [-0.1, -0.05) is 25.8 Å². The Hall–Kier alpha value is -1.13. The first-order valence-electron chi connectivity index (χ1n) is 9.97. The second kappa shape index (κ2) is 10.1. The first-order valence-corrected chi connectivity index (χ1v) is 9.97. The van der Waals surface area contributed by atoms with Gasteiger partial charge in [0.15, 0.2) is 0 Å². The Labute approximate surface area is 153 Å². The van der Waals surface area contributed by atoms with Crippen molar-refractivity contribution < 1.29 is 4.39 Å². The lowest BCUT2D eigenvalue weighted by Crippen LogP contribution is -2.47. The van der Waals surface area contributed by atoms with Crippen LogP contribution in [-0.2, 0) is 0 Å². The van der Waals surface area contributed by atoms with Gasteiger partial charge in [-0.2, -0.15) is 0 Å². The standard InChI is InChI=1S/C21H36FN3/c1-5-17(3)23-13-8-14-25(4)21-10-7-6-9-20(21)24-18-12-11-16(2)19(22)15-18/h11-12,15,17,20-21,23-24H,5-10,13-14H2,1-4H3/t17?,20-,21-/m0/s1. The topological polar surface area (TPSA) is 27.3 Å². The molecular formula is C21H36FN3. The third-order valence-corrected chi connectivity index (χ3v) is 5.61. The Balaban J connectivity index is 1.87. The van der Waals surface area contributed by atoms with Gasteiger partial charge < -0.3 is 15.5 Å². The Kier molecular flexibility index (Phi) is 8.17. The molecule has 1 aliphatic carbocycles. The molecule has 0 radical (unpaired) electrons. The van der Waals surface area contributed by atoms with E-state index in [9.17, 15) is 4.39 Å². The van der Waals surface area contributed by atoms with Crippen LogP contribution in [0.1, 0.15) is 57.9 Å². The van der Waals surface area contributed by atoms with Gasteiger partial charge in [0.25, 0.3) is 0 Å². The number of nitrogens with zero attached hydrogens (tertiary/aromatic N) is 1. The molecule has 1 unspecified atom stereocenters. The second-order valence-corrected chi connectivity index (χ2v) is 7.66. The van der Waals surface area contributed by atoms with Crippen LogP contribution in [0.25, 0.3) is 0 Å². The van der Waals surface area contributed by atoms with Gasteiger partial charge in [0.1, 0.15) is 5.82 Å². The fourth-order valence-corrected chi connectivity index (χ4v) is 3.69. The first-order chi connectivity index (χ1) is 12.0. The summed E-state index contributed by atoms with van der Waals surface area (Å²) in [5.41, 5.74) is 1.61. The van der Waals surface area contributed by atoms with Crippen molar-refractivity contribution in [1.82, 2.24) is 10.2 Å². The molecule has 0 amide bonds. The highest BCUT2D eigenvalue weighted by Crippen LogP contribution is 2.26. The minimum atomic E-state index is -0.123. The molecular weight excluding hydrogens is 313 g/mol. The van der Waals surface area contributed by atoms with E-state index >= 15 is 0 Å². The first kappa shape index (κ1) is 20.2. The molecule has 2 N–H and O–H groups in total. The number of hydrogen-bond donors (Lipinski definition) is 2. The molecule has 1 saturated carbocycles. The van der Waals surface area contributed by atoms with Gasteiger partial charge in [-0.15, -0.1) is 0 Å². The van der Waals surface area contributed by atoms with Crippen LogP contribution in [0.2, 0.25) is 0 Å². The SMILES string of the molecule is CCC(C)NCCCN(C)[C@H]1CCCC[C@@H]1Nc1ccc(C)c(F)c1. The Morgan fingerprint density at radius 3 is 2.76 bits per heavy atom. The smallest absolute Gasteiger partial charge is 0.128 e. The van der Waals surface area contributed by atoms with E-state index in [4.69, 9.17) is 0 Å². The molecule has 1 aliphatic rings. The van der Waals surface area contributed by atoms with Gasteiger partial charge in [0.05, 0.1) is 0 Å². The second-order valence-electron chi connectivity index (χ2n) is 7.66. The van der Waals surface area contributed by atoms with Gasteiger partial charge >= 0.3 is 0 Å². The Morgan fingerprint density at radius 2 is 2.04 bits per heavy atom. The van der Waals surface area contributed by atoms with Crippen LogP contribution in [0.3, 0.4) is 0 Å². The van der Waals surface area contributed by atoms with Crippen molar-refractivity contribution in [3.63, 3.8) is 0 Å². The summed E-state index contributed by atoms with van der Waals surface area (Å²) in [6.07, 6.45) is 7.28. The summed E-state index contributed by atoms with van der Waals surface area (Å²) in [5, 5.41) is 7.17. The Bertz CT molecular complexity index is 520. The van der Waals surface area contributed by atoms with Crippen LogP contribution in [-0.4, -0.2) is 43.2 Å². The molecule has 0 spiro atoms. The van der Waals surface area contributed by atoms with E-state index in [2.05, 4.69) is 36.4 Å². The molecule has 1 fully saturated rings. The highest BCUT2D eigenvalue weighted by Gasteiger charge is 2.28. The summed E-state index contributed by atoms with van der Waals surface area (Å²) < 4.78 is 13.8. The van der Waals surface area contributed by atoms with Crippen LogP contribution in [0.15, 0.2) is 18.2 Å². The lowest BCUT2D eigenvalue weighted by atomic mass is 9.89. The summed E-state index contributed by atoms with van der Waals surface area (Å²) >= 11 is 0. The van der Waals surface area contributed by atoms with Crippen LogP contribution in [0.4, 0.5) is 10.1 Å². The fraction of sp³-hybridized carbons (Fsp3) is 0.714. The molecule has 1 aromatic rings. The molecule has 0 bridgehead atoms. The van der Waals surface area contributed by atoms with Crippen molar-refractivity contribution in [2.24, 2.45) is 0 Å². The molecule has 1 aromatic carbocycles. The number of likely N-dealkylation sites (N-methyl/N-ethyl adjacent to an activating group) is 1. The number of nitrogens with one attached hydrogen (secondary N) is 2. The van der Waals surface area contributed by atoms with Gasteiger partial charge in [0.2, 0.25) is 0 Å². The molecule has 3 atom stereocenters. The van der Waals surface area contributed by atoms with E-state index in [0.29, 0.717) is 23.7 Å². The zero-order chi connectivity index (χ0) is 18.2. The molecule has 0 saturated heterocycles. The minimum Gasteiger partial charge on any atom is -0.381 e. The summed E-state index contributed by atoms with van der Waals surface area (Å²) in [5.74, 6) is -0.123. The van der Waals surface area contributed by atoms with E-state index in [1.54, 1.807) is 6.07 Å². The van der Waals surface area contributed by atoms with Gasteiger partial charge in [-0.05, 0) is 77.4 Å². The third-order valence-electron chi connectivity index (χ3n) is 5.61. The van der Waals surface area contributed by atoms with E-state index < -0.39 is 0 Å². The Morgan fingerprint density at radius 1 is 1.28 bits per heavy atom. The number of benzene rings is 1.